The van der Waals surface area contributed by atoms with Crippen LogP contribution in [-0.2, 0) is 4.79 Å². The van der Waals surface area contributed by atoms with Crippen molar-refractivity contribution in [2.45, 2.75) is 13.3 Å². The van der Waals surface area contributed by atoms with E-state index < -0.39 is 0 Å². The summed E-state index contributed by atoms with van der Waals surface area (Å²) in [7, 11) is 2.03. The van der Waals surface area contributed by atoms with E-state index in [1.807, 2.05) is 7.05 Å². The molecule has 2 aromatic rings. The predicted octanol–water partition coefficient (Wildman–Crippen LogP) is 0.331. The summed E-state index contributed by atoms with van der Waals surface area (Å²) >= 11 is 0. The molecule has 152 valence electrons. The molecule has 9 nitrogen and oxygen atoms in total. The molecule has 28 heavy (non-hydrogen) atoms. The molecule has 2 amide bonds. The van der Waals surface area contributed by atoms with Gasteiger partial charge < -0.3 is 20.9 Å². The van der Waals surface area contributed by atoms with Gasteiger partial charge in [0, 0.05) is 37.3 Å². The summed E-state index contributed by atoms with van der Waals surface area (Å²) in [6.07, 6.45) is 2.71. The Hall–Kier alpha value is -2.78. The number of carbonyl (C=O) groups is 2. The number of likely N-dealkylation sites (N-methyl/N-ethyl adjacent to an activating group) is 1. The first-order valence-corrected chi connectivity index (χ1v) is 9.46. The Kier molecular flexibility index (Phi) is 8.57. The maximum Gasteiger partial charge on any atom is 0.251 e. The van der Waals surface area contributed by atoms with Crippen molar-refractivity contribution in [1.29, 1.82) is 0 Å². The van der Waals surface area contributed by atoms with Crippen molar-refractivity contribution in [3.63, 3.8) is 0 Å². The van der Waals surface area contributed by atoms with Crippen LogP contribution in [0.15, 0.2) is 30.5 Å². The van der Waals surface area contributed by atoms with Crippen LogP contribution in [0.3, 0.4) is 0 Å². The normalized spacial score (nSPS) is 14.2. The molecule has 0 spiro atoms. The Morgan fingerprint density at radius 3 is 2.36 bits per heavy atom. The molecular formula is C19H29N7O2. The number of amides is 2. The van der Waals surface area contributed by atoms with E-state index in [1.54, 1.807) is 35.4 Å². The van der Waals surface area contributed by atoms with Gasteiger partial charge in [0.2, 0.25) is 5.91 Å². The van der Waals surface area contributed by atoms with Gasteiger partial charge in [-0.25, -0.2) is 0 Å². The Bertz CT molecular complexity index is 721. The summed E-state index contributed by atoms with van der Waals surface area (Å²) in [6.45, 7) is 6.04. The molecule has 0 unspecified atom stereocenters. The average Bonchev–Trinajstić information content (AvgIpc) is 3.27. The Balaban J connectivity index is 0.000000640. The molecule has 1 aliphatic rings. The largest absolute Gasteiger partial charge is 0.343 e. The van der Waals surface area contributed by atoms with Crippen LogP contribution in [0.4, 0.5) is 0 Å². The predicted molar refractivity (Wildman–Crippen MR) is 108 cm³/mol. The highest BCUT2D eigenvalue weighted by molar-refractivity contribution is 5.96. The summed E-state index contributed by atoms with van der Waals surface area (Å²) in [5.41, 5.74) is 7.12. The third kappa shape index (κ3) is 6.43. The van der Waals surface area contributed by atoms with E-state index in [-0.39, 0.29) is 18.4 Å². The van der Waals surface area contributed by atoms with Gasteiger partial charge in [-0.1, -0.05) is 19.1 Å². The van der Waals surface area contributed by atoms with E-state index in [2.05, 4.69) is 32.6 Å². The lowest BCUT2D eigenvalue weighted by Crippen LogP contribution is -2.50. The van der Waals surface area contributed by atoms with E-state index >= 15 is 0 Å². The van der Waals surface area contributed by atoms with Crippen LogP contribution in [0.2, 0.25) is 0 Å². The molecule has 4 N–H and O–H groups in total. The quantitative estimate of drug-likeness (QED) is 0.680. The molecule has 0 bridgehead atoms. The fourth-order valence-corrected chi connectivity index (χ4v) is 2.56. The van der Waals surface area contributed by atoms with Crippen molar-refractivity contribution in [2.75, 3.05) is 46.3 Å². The van der Waals surface area contributed by atoms with E-state index in [4.69, 9.17) is 5.73 Å². The molecule has 0 aliphatic carbocycles. The number of piperazine rings is 1. The highest BCUT2D eigenvalue weighted by Crippen LogP contribution is 2.15. The second kappa shape index (κ2) is 11.2. The summed E-state index contributed by atoms with van der Waals surface area (Å²) in [5.74, 6) is -0.306. The van der Waals surface area contributed by atoms with Crippen molar-refractivity contribution in [2.24, 2.45) is 5.73 Å². The number of hydrogen-bond acceptors (Lipinski definition) is 6. The van der Waals surface area contributed by atoms with Crippen molar-refractivity contribution < 1.29 is 9.59 Å². The minimum Gasteiger partial charge on any atom is -0.343 e. The van der Waals surface area contributed by atoms with Crippen LogP contribution in [0.5, 0.6) is 0 Å². The highest BCUT2D eigenvalue weighted by Gasteiger charge is 2.19. The number of hydrogen-bond donors (Lipinski definition) is 3. The number of carbonyl (C=O) groups excluding carboxylic acids is 2. The minimum absolute atomic E-state index is 0.0214. The van der Waals surface area contributed by atoms with Crippen molar-refractivity contribution in [1.82, 2.24) is 30.5 Å². The standard InChI is InChI=1S/C16H20N6O2.C3H9N/c1-21-6-8-22(9-7-21)15(23)11-17-16(24)13-4-2-12(3-5-13)14-10-18-20-19-14;1-2-3-4/h2-5,10H,6-9,11H2,1H3,(H,17,24)(H,18,19,20);2-4H2,1H3. The number of nitrogens with two attached hydrogens (primary N) is 1. The molecule has 1 fully saturated rings. The lowest BCUT2D eigenvalue weighted by molar-refractivity contribution is -0.131. The van der Waals surface area contributed by atoms with Crippen LogP contribution >= 0.6 is 0 Å². The van der Waals surface area contributed by atoms with Crippen molar-refractivity contribution in [3.8, 4) is 11.3 Å². The van der Waals surface area contributed by atoms with Gasteiger partial charge in [0.1, 0.15) is 5.69 Å². The lowest BCUT2D eigenvalue weighted by atomic mass is 10.1. The maximum absolute atomic E-state index is 12.2. The smallest absolute Gasteiger partial charge is 0.251 e. The van der Waals surface area contributed by atoms with Crippen molar-refractivity contribution >= 4 is 11.8 Å². The molecule has 0 atom stereocenters. The van der Waals surface area contributed by atoms with Gasteiger partial charge in [-0.3, -0.25) is 9.59 Å². The monoisotopic (exact) mass is 387 g/mol. The van der Waals surface area contributed by atoms with Gasteiger partial charge in [-0.15, -0.1) is 0 Å². The first-order valence-electron chi connectivity index (χ1n) is 9.46. The Morgan fingerprint density at radius 2 is 1.82 bits per heavy atom. The van der Waals surface area contributed by atoms with Gasteiger partial charge in [0.25, 0.3) is 5.91 Å². The van der Waals surface area contributed by atoms with E-state index in [9.17, 15) is 9.59 Å². The molecule has 2 heterocycles. The van der Waals surface area contributed by atoms with Crippen LogP contribution in [0.25, 0.3) is 11.3 Å². The van der Waals surface area contributed by atoms with Crippen LogP contribution in [-0.4, -0.2) is 83.3 Å². The number of aromatic nitrogens is 3. The van der Waals surface area contributed by atoms with Gasteiger partial charge in [0.15, 0.2) is 0 Å². The second-order valence-corrected chi connectivity index (χ2v) is 6.59. The molecule has 1 aromatic carbocycles. The number of nitrogens with zero attached hydrogens (tertiary/aromatic N) is 4. The highest BCUT2D eigenvalue weighted by atomic mass is 16.2. The molecule has 3 rings (SSSR count). The summed E-state index contributed by atoms with van der Waals surface area (Å²) in [4.78, 5) is 28.2. The third-order valence-corrected chi connectivity index (χ3v) is 4.40. The van der Waals surface area contributed by atoms with Gasteiger partial charge >= 0.3 is 0 Å². The zero-order valence-corrected chi connectivity index (χ0v) is 16.5. The van der Waals surface area contributed by atoms with E-state index in [0.29, 0.717) is 24.3 Å². The topological polar surface area (TPSA) is 120 Å². The zero-order chi connectivity index (χ0) is 20.4. The summed E-state index contributed by atoms with van der Waals surface area (Å²) < 4.78 is 0. The molecule has 1 aromatic heterocycles. The zero-order valence-electron chi connectivity index (χ0n) is 16.5. The van der Waals surface area contributed by atoms with Crippen LogP contribution in [0, 0.1) is 0 Å². The van der Waals surface area contributed by atoms with Crippen molar-refractivity contribution in [3.05, 3.63) is 36.0 Å². The minimum atomic E-state index is -0.260. The number of nitrogens with one attached hydrogen (secondary N) is 2. The van der Waals surface area contributed by atoms with Gasteiger partial charge in [-0.05, 0) is 32.1 Å². The molecule has 1 aliphatic heterocycles. The summed E-state index contributed by atoms with van der Waals surface area (Å²) in [6, 6.07) is 7.02. The van der Waals surface area contributed by atoms with Crippen LogP contribution < -0.4 is 11.1 Å². The third-order valence-electron chi connectivity index (χ3n) is 4.40. The molecular weight excluding hydrogens is 358 g/mol. The number of rotatable bonds is 5. The fraction of sp³-hybridized carbons (Fsp3) is 0.474. The first kappa shape index (κ1) is 21.5. The fourth-order valence-electron chi connectivity index (χ4n) is 2.56. The number of aromatic amines is 1. The summed E-state index contributed by atoms with van der Waals surface area (Å²) in [5, 5.41) is 13.0. The molecule has 0 radical (unpaired) electrons. The van der Waals surface area contributed by atoms with E-state index in [0.717, 1.165) is 31.6 Å². The number of H-pyrrole nitrogens is 1. The number of benzene rings is 1. The Labute approximate surface area is 165 Å². The van der Waals surface area contributed by atoms with E-state index in [1.165, 1.54) is 0 Å². The molecule has 9 heteroatoms. The molecule has 0 saturated carbocycles. The molecule has 1 saturated heterocycles. The Morgan fingerprint density at radius 1 is 1.18 bits per heavy atom. The maximum atomic E-state index is 12.2. The van der Waals surface area contributed by atoms with Gasteiger partial charge in [-0.2, -0.15) is 15.4 Å². The van der Waals surface area contributed by atoms with Gasteiger partial charge in [0.05, 0.1) is 12.7 Å². The van der Waals surface area contributed by atoms with Crippen LogP contribution in [0.1, 0.15) is 23.7 Å². The SMILES string of the molecule is CCCN.CN1CCN(C(=O)CNC(=O)c2ccc(-c3cn[nH]n3)cc2)CC1. The lowest BCUT2D eigenvalue weighted by Gasteiger charge is -2.32. The average molecular weight is 387 g/mol. The first-order chi connectivity index (χ1) is 13.5. The second-order valence-electron chi connectivity index (χ2n) is 6.59.